The first-order chi connectivity index (χ1) is 10.1. The van der Waals surface area contributed by atoms with Crippen LogP contribution in [0.5, 0.6) is 0 Å². The third-order valence-corrected chi connectivity index (χ3v) is 4.90. The van der Waals surface area contributed by atoms with Crippen LogP contribution in [0, 0.1) is 6.92 Å². The summed E-state index contributed by atoms with van der Waals surface area (Å²) in [6.07, 6.45) is 1.99. The highest BCUT2D eigenvalue weighted by Crippen LogP contribution is 2.37. The SMILES string of the molecule is Cc1ccc(C23Cn4cc(Br)cc4C(=O)N2CCN3)cc1. The molecule has 1 unspecified atom stereocenters. The molecule has 0 bridgehead atoms. The average molecular weight is 346 g/mol. The number of nitrogens with one attached hydrogen (secondary N) is 1. The fourth-order valence-electron chi connectivity index (χ4n) is 3.42. The molecule has 1 aromatic carbocycles. The van der Waals surface area contributed by atoms with E-state index in [1.807, 2.05) is 21.7 Å². The summed E-state index contributed by atoms with van der Waals surface area (Å²) in [7, 11) is 0. The van der Waals surface area contributed by atoms with Crippen LogP contribution in [0.3, 0.4) is 0 Å². The lowest BCUT2D eigenvalue weighted by atomic mass is 9.95. The second-order valence-electron chi connectivity index (χ2n) is 5.78. The molecule has 4 rings (SSSR count). The molecule has 4 nitrogen and oxygen atoms in total. The van der Waals surface area contributed by atoms with Gasteiger partial charge in [0.15, 0.2) is 0 Å². The summed E-state index contributed by atoms with van der Waals surface area (Å²) in [5.41, 5.74) is 2.71. The number of hydrogen-bond acceptors (Lipinski definition) is 2. The lowest BCUT2D eigenvalue weighted by Crippen LogP contribution is -2.57. The topological polar surface area (TPSA) is 37.3 Å². The van der Waals surface area contributed by atoms with Crippen LogP contribution in [0.4, 0.5) is 0 Å². The molecular formula is C16H16BrN3O. The molecule has 0 spiro atoms. The first-order valence-corrected chi connectivity index (χ1v) is 7.89. The molecule has 5 heteroatoms. The number of benzene rings is 1. The number of amides is 1. The Bertz CT molecular complexity index is 722. The summed E-state index contributed by atoms with van der Waals surface area (Å²) in [6, 6.07) is 10.4. The van der Waals surface area contributed by atoms with E-state index in [0.717, 1.165) is 35.4 Å². The summed E-state index contributed by atoms with van der Waals surface area (Å²) in [5.74, 6) is 0.0949. The highest BCUT2D eigenvalue weighted by Gasteiger charge is 2.49. The zero-order chi connectivity index (χ0) is 14.6. The number of aryl methyl sites for hydroxylation is 1. The van der Waals surface area contributed by atoms with Gasteiger partial charge < -0.3 is 9.47 Å². The van der Waals surface area contributed by atoms with Crippen LogP contribution in [-0.4, -0.2) is 28.5 Å². The minimum Gasteiger partial charge on any atom is -0.338 e. The summed E-state index contributed by atoms with van der Waals surface area (Å²) >= 11 is 3.47. The van der Waals surface area contributed by atoms with E-state index >= 15 is 0 Å². The molecule has 1 fully saturated rings. The predicted molar refractivity (Wildman–Crippen MR) is 84.0 cm³/mol. The van der Waals surface area contributed by atoms with Gasteiger partial charge in [-0.2, -0.15) is 0 Å². The maximum atomic E-state index is 12.8. The number of rotatable bonds is 1. The number of fused-ring (bicyclic) bond motifs is 2. The second kappa shape index (κ2) is 4.45. The molecule has 21 heavy (non-hydrogen) atoms. The third kappa shape index (κ3) is 1.80. The van der Waals surface area contributed by atoms with Crippen LogP contribution in [-0.2, 0) is 12.2 Å². The normalized spacial score (nSPS) is 24.1. The Morgan fingerprint density at radius 3 is 2.81 bits per heavy atom. The Balaban J connectivity index is 1.87. The van der Waals surface area contributed by atoms with Crippen molar-refractivity contribution in [2.24, 2.45) is 0 Å². The van der Waals surface area contributed by atoms with Crippen LogP contribution in [0.15, 0.2) is 41.0 Å². The molecule has 1 amide bonds. The molecule has 0 saturated carbocycles. The standard InChI is InChI=1S/C16H16BrN3O/c1-11-2-4-12(5-3-11)16-10-19-9-13(17)8-14(19)15(21)20(16)7-6-18-16/h2-5,8-9,18H,6-7,10H2,1H3. The van der Waals surface area contributed by atoms with E-state index in [-0.39, 0.29) is 5.91 Å². The minimum absolute atomic E-state index is 0.0949. The van der Waals surface area contributed by atoms with Crippen molar-refractivity contribution in [3.63, 3.8) is 0 Å². The first kappa shape index (κ1) is 13.1. The maximum Gasteiger partial charge on any atom is 0.272 e. The van der Waals surface area contributed by atoms with Crippen molar-refractivity contribution in [1.82, 2.24) is 14.8 Å². The van der Waals surface area contributed by atoms with Gasteiger partial charge in [-0.3, -0.25) is 10.1 Å². The van der Waals surface area contributed by atoms with Gasteiger partial charge in [-0.1, -0.05) is 29.8 Å². The van der Waals surface area contributed by atoms with Gasteiger partial charge in [0, 0.05) is 23.8 Å². The van der Waals surface area contributed by atoms with Gasteiger partial charge in [-0.05, 0) is 34.5 Å². The molecule has 1 N–H and O–H groups in total. The second-order valence-corrected chi connectivity index (χ2v) is 6.70. The molecule has 1 saturated heterocycles. The molecule has 1 atom stereocenters. The summed E-state index contributed by atoms with van der Waals surface area (Å²) in [6.45, 7) is 4.39. The monoisotopic (exact) mass is 345 g/mol. The average Bonchev–Trinajstić information content (AvgIpc) is 3.04. The van der Waals surface area contributed by atoms with Crippen molar-refractivity contribution in [2.75, 3.05) is 13.1 Å². The highest BCUT2D eigenvalue weighted by atomic mass is 79.9. The third-order valence-electron chi connectivity index (χ3n) is 4.47. The van der Waals surface area contributed by atoms with E-state index in [4.69, 9.17) is 0 Å². The largest absolute Gasteiger partial charge is 0.338 e. The Hall–Kier alpha value is -1.59. The highest BCUT2D eigenvalue weighted by molar-refractivity contribution is 9.10. The number of aromatic nitrogens is 1. The van der Waals surface area contributed by atoms with Gasteiger partial charge in [0.2, 0.25) is 0 Å². The van der Waals surface area contributed by atoms with Crippen LogP contribution in [0.25, 0.3) is 0 Å². The smallest absolute Gasteiger partial charge is 0.272 e. The van der Waals surface area contributed by atoms with E-state index in [1.54, 1.807) is 0 Å². The Morgan fingerprint density at radius 1 is 1.29 bits per heavy atom. The first-order valence-electron chi connectivity index (χ1n) is 7.10. The zero-order valence-corrected chi connectivity index (χ0v) is 13.4. The van der Waals surface area contributed by atoms with Gasteiger partial charge in [0.05, 0.1) is 6.54 Å². The molecular weight excluding hydrogens is 330 g/mol. The molecule has 0 aliphatic carbocycles. The van der Waals surface area contributed by atoms with Gasteiger partial charge in [-0.15, -0.1) is 0 Å². The molecule has 2 aliphatic rings. The van der Waals surface area contributed by atoms with E-state index in [0.29, 0.717) is 0 Å². The minimum atomic E-state index is -0.420. The van der Waals surface area contributed by atoms with Crippen molar-refractivity contribution in [2.45, 2.75) is 19.1 Å². The van der Waals surface area contributed by atoms with Gasteiger partial charge in [-0.25, -0.2) is 0 Å². The van der Waals surface area contributed by atoms with E-state index < -0.39 is 5.66 Å². The lowest BCUT2D eigenvalue weighted by Gasteiger charge is -2.43. The maximum absolute atomic E-state index is 12.8. The Labute approximate surface area is 131 Å². The molecule has 2 aliphatic heterocycles. The number of carbonyl (C=O) groups excluding carboxylic acids is 1. The van der Waals surface area contributed by atoms with E-state index in [2.05, 4.69) is 52.4 Å². The number of hydrogen-bond donors (Lipinski definition) is 1. The summed E-state index contributed by atoms with van der Waals surface area (Å²) in [5, 5.41) is 3.56. The van der Waals surface area contributed by atoms with Gasteiger partial charge in [0.1, 0.15) is 11.4 Å². The van der Waals surface area contributed by atoms with Crippen LogP contribution in [0.2, 0.25) is 0 Å². The fourth-order valence-corrected chi connectivity index (χ4v) is 3.89. The fraction of sp³-hybridized carbons (Fsp3) is 0.312. The van der Waals surface area contributed by atoms with Crippen LogP contribution < -0.4 is 5.32 Å². The number of halogens is 1. The van der Waals surface area contributed by atoms with Gasteiger partial charge >= 0.3 is 0 Å². The number of carbonyl (C=O) groups is 1. The molecule has 0 radical (unpaired) electrons. The number of nitrogens with zero attached hydrogens (tertiary/aromatic N) is 2. The van der Waals surface area contributed by atoms with Crippen molar-refractivity contribution >= 4 is 21.8 Å². The van der Waals surface area contributed by atoms with Crippen molar-refractivity contribution < 1.29 is 4.79 Å². The van der Waals surface area contributed by atoms with Crippen LogP contribution >= 0.6 is 15.9 Å². The quantitative estimate of drug-likeness (QED) is 0.861. The van der Waals surface area contributed by atoms with Crippen LogP contribution in [0.1, 0.15) is 21.6 Å². The van der Waals surface area contributed by atoms with Crippen molar-refractivity contribution in [3.05, 3.63) is 57.8 Å². The lowest BCUT2D eigenvalue weighted by molar-refractivity contribution is 0.0398. The Morgan fingerprint density at radius 2 is 2.05 bits per heavy atom. The zero-order valence-electron chi connectivity index (χ0n) is 11.8. The Kier molecular flexibility index (Phi) is 2.78. The molecule has 3 heterocycles. The summed E-state index contributed by atoms with van der Waals surface area (Å²) < 4.78 is 2.99. The van der Waals surface area contributed by atoms with Gasteiger partial charge in [0.25, 0.3) is 5.91 Å². The molecule has 1 aromatic heterocycles. The van der Waals surface area contributed by atoms with E-state index in [1.165, 1.54) is 5.56 Å². The van der Waals surface area contributed by atoms with E-state index in [9.17, 15) is 4.79 Å². The predicted octanol–water partition coefficient (Wildman–Crippen LogP) is 2.47. The van der Waals surface area contributed by atoms with Crippen molar-refractivity contribution in [1.29, 1.82) is 0 Å². The summed E-state index contributed by atoms with van der Waals surface area (Å²) in [4.78, 5) is 14.8. The van der Waals surface area contributed by atoms with Crippen molar-refractivity contribution in [3.8, 4) is 0 Å². The molecule has 2 aromatic rings. The molecule has 108 valence electrons.